The van der Waals surface area contributed by atoms with Crippen LogP contribution in [-0.4, -0.2) is 57.7 Å². The molecule has 1 aromatic carbocycles. The summed E-state index contributed by atoms with van der Waals surface area (Å²) < 4.78 is 19.4. The van der Waals surface area contributed by atoms with Gasteiger partial charge in [0.1, 0.15) is 17.3 Å². The number of ether oxygens (including phenoxy) is 1. The van der Waals surface area contributed by atoms with E-state index in [9.17, 15) is 14.3 Å². The number of fused-ring (bicyclic) bond motifs is 1. The van der Waals surface area contributed by atoms with Gasteiger partial charge in [-0.3, -0.25) is 14.8 Å². The van der Waals surface area contributed by atoms with Crippen LogP contribution in [-0.2, 0) is 4.79 Å². The Morgan fingerprint density at radius 2 is 1.93 bits per heavy atom. The van der Waals surface area contributed by atoms with Gasteiger partial charge < -0.3 is 9.84 Å². The third-order valence-electron chi connectivity index (χ3n) is 5.52. The first-order valence-electron chi connectivity index (χ1n) is 9.39. The van der Waals surface area contributed by atoms with Crippen LogP contribution >= 0.6 is 0 Å². The summed E-state index contributed by atoms with van der Waals surface area (Å²) >= 11 is 0. The Balaban J connectivity index is 0.00000240. The van der Waals surface area contributed by atoms with Crippen molar-refractivity contribution in [1.29, 1.82) is 0 Å². The predicted molar refractivity (Wildman–Crippen MR) is 111 cm³/mol. The second-order valence-corrected chi connectivity index (χ2v) is 7.20. The zero-order valence-electron chi connectivity index (χ0n) is 15.6. The van der Waals surface area contributed by atoms with Crippen LogP contribution in [0.1, 0.15) is 37.3 Å². The molecule has 0 bridgehead atoms. The van der Waals surface area contributed by atoms with Gasteiger partial charge in [-0.1, -0.05) is 6.07 Å². The molecule has 0 saturated heterocycles. The van der Waals surface area contributed by atoms with Gasteiger partial charge in [0.2, 0.25) is 0 Å². The van der Waals surface area contributed by atoms with Crippen LogP contribution in [0.4, 0.5) is 4.39 Å². The van der Waals surface area contributed by atoms with Gasteiger partial charge in [-0.05, 0) is 56.0 Å². The Kier molecular flexibility index (Phi) is 6.88. The normalized spacial score (nSPS) is 18.8. The molecule has 7 heteroatoms. The molecular formula is C22H22FN2NaO3. The number of nitrogens with zero attached hydrogens (tertiary/aromatic N) is 2. The first-order chi connectivity index (χ1) is 13.6. The number of aliphatic carboxylic acids is 1. The molecule has 0 amide bonds. The van der Waals surface area contributed by atoms with Gasteiger partial charge in [0.05, 0.1) is 18.5 Å². The quantitative estimate of drug-likeness (QED) is 0.662. The van der Waals surface area contributed by atoms with Crippen molar-refractivity contribution in [1.82, 2.24) is 9.97 Å². The molecule has 1 saturated carbocycles. The maximum absolute atomic E-state index is 14.0. The second-order valence-electron chi connectivity index (χ2n) is 7.20. The second kappa shape index (κ2) is 9.20. The molecule has 0 aliphatic heterocycles. The van der Waals surface area contributed by atoms with Crippen LogP contribution in [0, 0.1) is 11.7 Å². The average molecular weight is 404 g/mol. The monoisotopic (exact) mass is 404 g/mol. The fraction of sp³-hybridized carbons (Fsp3) is 0.318. The number of halogens is 1. The fourth-order valence-corrected chi connectivity index (χ4v) is 4.00. The minimum absolute atomic E-state index is 0. The zero-order chi connectivity index (χ0) is 19.7. The van der Waals surface area contributed by atoms with Crippen molar-refractivity contribution in [3.05, 3.63) is 54.1 Å². The van der Waals surface area contributed by atoms with E-state index in [0.29, 0.717) is 35.4 Å². The minimum atomic E-state index is -0.723. The number of carboxylic acid groups (broad SMARTS) is 1. The molecule has 146 valence electrons. The molecule has 0 unspecified atom stereocenters. The number of carboxylic acids is 1. The van der Waals surface area contributed by atoms with Crippen LogP contribution in [0.5, 0.6) is 5.75 Å². The van der Waals surface area contributed by atoms with Crippen LogP contribution in [0.2, 0.25) is 0 Å². The first-order valence-corrected chi connectivity index (χ1v) is 9.39. The Bertz CT molecular complexity index is 1040. The number of aromatic nitrogens is 2. The summed E-state index contributed by atoms with van der Waals surface area (Å²) in [6, 6.07) is 10.2. The predicted octanol–water partition coefficient (Wildman–Crippen LogP) is 4.15. The number of benzene rings is 1. The topological polar surface area (TPSA) is 72.3 Å². The third kappa shape index (κ3) is 4.44. The Hall–Kier alpha value is -2.02. The van der Waals surface area contributed by atoms with Crippen molar-refractivity contribution in [3.8, 4) is 17.0 Å². The molecule has 4 rings (SSSR count). The molecule has 1 fully saturated rings. The van der Waals surface area contributed by atoms with E-state index in [-0.39, 0.29) is 47.2 Å². The van der Waals surface area contributed by atoms with E-state index in [0.717, 1.165) is 23.9 Å². The molecular weight excluding hydrogens is 382 g/mol. The molecule has 2 aromatic heterocycles. The summed E-state index contributed by atoms with van der Waals surface area (Å²) in [7, 11) is 1.55. The van der Waals surface area contributed by atoms with Crippen LogP contribution in [0.25, 0.3) is 22.2 Å². The summed E-state index contributed by atoms with van der Waals surface area (Å²) in [5.41, 5.74) is 2.73. The molecule has 2 heterocycles. The zero-order valence-corrected chi connectivity index (χ0v) is 15.6. The molecule has 3 aromatic rings. The molecule has 1 aliphatic carbocycles. The van der Waals surface area contributed by atoms with Gasteiger partial charge in [0, 0.05) is 28.8 Å². The number of rotatable bonds is 4. The van der Waals surface area contributed by atoms with Gasteiger partial charge >= 0.3 is 35.5 Å². The van der Waals surface area contributed by atoms with Crippen molar-refractivity contribution in [2.45, 2.75) is 31.6 Å². The number of hydrogen-bond acceptors (Lipinski definition) is 4. The third-order valence-corrected chi connectivity index (χ3v) is 5.52. The van der Waals surface area contributed by atoms with Crippen molar-refractivity contribution in [2.75, 3.05) is 7.11 Å². The van der Waals surface area contributed by atoms with Gasteiger partial charge in [-0.25, -0.2) is 4.39 Å². The van der Waals surface area contributed by atoms with E-state index in [1.54, 1.807) is 19.4 Å². The van der Waals surface area contributed by atoms with Crippen LogP contribution < -0.4 is 4.74 Å². The van der Waals surface area contributed by atoms with Crippen molar-refractivity contribution in [2.24, 2.45) is 5.92 Å². The van der Waals surface area contributed by atoms with Crippen molar-refractivity contribution in [3.63, 3.8) is 0 Å². The van der Waals surface area contributed by atoms with E-state index >= 15 is 0 Å². The fourth-order valence-electron chi connectivity index (χ4n) is 4.00. The molecule has 0 atom stereocenters. The number of pyridine rings is 2. The summed E-state index contributed by atoms with van der Waals surface area (Å²) in [4.78, 5) is 20.6. The Labute approximate surface area is 190 Å². The number of methoxy groups -OCH3 is 1. The Morgan fingerprint density at radius 3 is 2.62 bits per heavy atom. The SMILES string of the molecule is COc1ccc(F)cc1-c1nc(C2CCC(C(=O)O)CC2)cc2cccnc12.[NaH]. The molecule has 0 spiro atoms. The molecule has 0 radical (unpaired) electrons. The van der Waals surface area contributed by atoms with Crippen molar-refractivity contribution >= 4 is 46.4 Å². The summed E-state index contributed by atoms with van der Waals surface area (Å²) in [6.07, 6.45) is 4.53. The van der Waals surface area contributed by atoms with Gasteiger partial charge in [-0.15, -0.1) is 0 Å². The summed E-state index contributed by atoms with van der Waals surface area (Å²) in [5.74, 6) is -0.652. The van der Waals surface area contributed by atoms with Gasteiger partial charge in [0.25, 0.3) is 0 Å². The van der Waals surface area contributed by atoms with E-state index in [2.05, 4.69) is 4.98 Å². The van der Waals surface area contributed by atoms with E-state index in [1.165, 1.54) is 12.1 Å². The molecule has 1 N–H and O–H groups in total. The standard InChI is InChI=1S/C22H21FN2O3.Na.H/c1-28-19-9-8-16(23)12-17(19)21-20-15(3-2-10-24-20)11-18(25-21)13-4-6-14(7-5-13)22(26)27;;/h2-3,8-14H,4-7H2,1H3,(H,26,27);;. The summed E-state index contributed by atoms with van der Waals surface area (Å²) in [6.45, 7) is 0. The maximum atomic E-state index is 14.0. The molecule has 5 nitrogen and oxygen atoms in total. The van der Waals surface area contributed by atoms with E-state index in [4.69, 9.17) is 9.72 Å². The average Bonchev–Trinajstić information content (AvgIpc) is 2.73. The first kappa shape index (κ1) is 21.7. The van der Waals surface area contributed by atoms with Gasteiger partial charge in [0.15, 0.2) is 0 Å². The Morgan fingerprint density at radius 1 is 1.17 bits per heavy atom. The number of carbonyl (C=O) groups is 1. The van der Waals surface area contributed by atoms with E-state index in [1.807, 2.05) is 18.2 Å². The molecule has 29 heavy (non-hydrogen) atoms. The number of hydrogen-bond donors (Lipinski definition) is 1. The molecule has 1 aliphatic rings. The van der Waals surface area contributed by atoms with Crippen LogP contribution in [0.15, 0.2) is 42.6 Å². The van der Waals surface area contributed by atoms with Crippen LogP contribution in [0.3, 0.4) is 0 Å². The van der Waals surface area contributed by atoms with Crippen molar-refractivity contribution < 1.29 is 19.0 Å². The van der Waals surface area contributed by atoms with Gasteiger partial charge in [-0.2, -0.15) is 0 Å². The summed E-state index contributed by atoms with van der Waals surface area (Å²) in [5, 5.41) is 10.2. The van der Waals surface area contributed by atoms with E-state index < -0.39 is 5.97 Å².